The van der Waals surface area contributed by atoms with E-state index >= 15 is 0 Å². The van der Waals surface area contributed by atoms with Crippen LogP contribution < -0.4 is 9.64 Å². The standard InChI is InChI=1S/C31H33NO4/c1-3-5-6-10-20-36-26-15-11-14-25(21-26)32-28(23-18-16-22(4-2)17-19-23)27(30(34)31(32)35)29(33)24-12-8-7-9-13-24/h7-9,11-19,21,28,33H,3-6,10,20H2,1-2H3. The van der Waals surface area contributed by atoms with Crippen molar-refractivity contribution < 1.29 is 19.4 Å². The molecule has 1 saturated heterocycles. The summed E-state index contributed by atoms with van der Waals surface area (Å²) in [4.78, 5) is 28.2. The van der Waals surface area contributed by atoms with Gasteiger partial charge in [0.05, 0.1) is 18.2 Å². The second-order valence-electron chi connectivity index (χ2n) is 9.04. The third-order valence-electron chi connectivity index (χ3n) is 6.56. The Hall–Kier alpha value is -3.86. The van der Waals surface area contributed by atoms with Crippen LogP contribution in [-0.4, -0.2) is 23.4 Å². The van der Waals surface area contributed by atoms with E-state index < -0.39 is 17.7 Å². The summed E-state index contributed by atoms with van der Waals surface area (Å²) in [5.74, 6) is -0.901. The number of ketones is 1. The zero-order valence-corrected chi connectivity index (χ0v) is 20.9. The van der Waals surface area contributed by atoms with E-state index in [0.29, 0.717) is 23.6 Å². The Balaban J connectivity index is 1.75. The van der Waals surface area contributed by atoms with Crippen molar-refractivity contribution in [3.05, 3.63) is 101 Å². The molecule has 186 valence electrons. The van der Waals surface area contributed by atoms with E-state index in [2.05, 4.69) is 13.8 Å². The van der Waals surface area contributed by atoms with E-state index in [-0.39, 0.29) is 11.3 Å². The number of nitrogens with zero attached hydrogens (tertiary/aromatic N) is 1. The van der Waals surface area contributed by atoms with Crippen molar-refractivity contribution >= 4 is 23.1 Å². The third-order valence-corrected chi connectivity index (χ3v) is 6.56. The second-order valence-corrected chi connectivity index (χ2v) is 9.04. The molecule has 0 saturated carbocycles. The van der Waals surface area contributed by atoms with Crippen LogP contribution in [0.5, 0.6) is 5.75 Å². The average Bonchev–Trinajstić information content (AvgIpc) is 3.19. The quantitative estimate of drug-likeness (QED) is 0.148. The van der Waals surface area contributed by atoms with Gasteiger partial charge in [-0.3, -0.25) is 14.5 Å². The number of ether oxygens (including phenoxy) is 1. The fourth-order valence-corrected chi connectivity index (χ4v) is 4.54. The van der Waals surface area contributed by atoms with Gasteiger partial charge in [0.2, 0.25) is 0 Å². The minimum Gasteiger partial charge on any atom is -0.507 e. The number of aryl methyl sites for hydroxylation is 1. The predicted molar refractivity (Wildman–Crippen MR) is 143 cm³/mol. The van der Waals surface area contributed by atoms with E-state index in [9.17, 15) is 14.7 Å². The summed E-state index contributed by atoms with van der Waals surface area (Å²) >= 11 is 0. The molecule has 4 rings (SSSR count). The van der Waals surface area contributed by atoms with Gasteiger partial charge < -0.3 is 9.84 Å². The van der Waals surface area contributed by atoms with Crippen LogP contribution in [0, 0.1) is 0 Å². The van der Waals surface area contributed by atoms with Gasteiger partial charge in [0, 0.05) is 17.3 Å². The molecule has 0 radical (unpaired) electrons. The molecule has 5 heteroatoms. The number of carbonyl (C=O) groups excluding carboxylic acids is 2. The first-order valence-corrected chi connectivity index (χ1v) is 12.7. The van der Waals surface area contributed by atoms with Crippen molar-refractivity contribution in [2.75, 3.05) is 11.5 Å². The molecule has 1 fully saturated rings. The Labute approximate surface area is 213 Å². The first kappa shape index (κ1) is 25.2. The lowest BCUT2D eigenvalue weighted by atomic mass is 9.94. The summed E-state index contributed by atoms with van der Waals surface area (Å²) in [6.07, 6.45) is 5.28. The lowest BCUT2D eigenvalue weighted by Crippen LogP contribution is -2.29. The number of hydrogen-bond acceptors (Lipinski definition) is 4. The fraction of sp³-hybridized carbons (Fsp3) is 0.290. The van der Waals surface area contributed by atoms with Gasteiger partial charge in [-0.05, 0) is 36.1 Å². The maximum atomic E-state index is 13.4. The Morgan fingerprint density at radius 3 is 2.33 bits per heavy atom. The second kappa shape index (κ2) is 11.7. The highest BCUT2D eigenvalue weighted by Crippen LogP contribution is 2.42. The van der Waals surface area contributed by atoms with Crippen molar-refractivity contribution in [3.63, 3.8) is 0 Å². The van der Waals surface area contributed by atoms with Crippen molar-refractivity contribution in [1.82, 2.24) is 0 Å². The summed E-state index contributed by atoms with van der Waals surface area (Å²) in [6, 6.07) is 23.2. The molecule has 5 nitrogen and oxygen atoms in total. The van der Waals surface area contributed by atoms with Crippen molar-refractivity contribution in [1.29, 1.82) is 0 Å². The van der Waals surface area contributed by atoms with E-state index in [0.717, 1.165) is 36.8 Å². The van der Waals surface area contributed by atoms with E-state index in [4.69, 9.17) is 4.74 Å². The molecular formula is C31H33NO4. The number of carbonyl (C=O) groups is 2. The molecule has 3 aromatic carbocycles. The van der Waals surface area contributed by atoms with Crippen LogP contribution in [0.2, 0.25) is 0 Å². The number of Topliss-reactive ketones (excluding diaryl/α,β-unsaturated/α-hetero) is 1. The average molecular weight is 484 g/mol. The van der Waals surface area contributed by atoms with E-state index in [1.807, 2.05) is 42.5 Å². The van der Waals surface area contributed by atoms with Gasteiger partial charge in [-0.1, -0.05) is 93.8 Å². The van der Waals surface area contributed by atoms with Crippen molar-refractivity contribution in [3.8, 4) is 5.75 Å². The molecule has 0 spiro atoms. The number of aliphatic hydroxyl groups excluding tert-OH is 1. The number of anilines is 1. The van der Waals surface area contributed by atoms with Crippen LogP contribution in [0.3, 0.4) is 0 Å². The Bertz CT molecular complexity index is 1230. The van der Waals surface area contributed by atoms with E-state index in [1.165, 1.54) is 11.3 Å². The summed E-state index contributed by atoms with van der Waals surface area (Å²) < 4.78 is 5.95. The SMILES string of the molecule is CCCCCCOc1cccc(N2C(=O)C(=O)C(=C(O)c3ccccc3)C2c2ccc(CC)cc2)c1. The Morgan fingerprint density at radius 2 is 1.64 bits per heavy atom. The van der Waals surface area contributed by atoms with Crippen molar-refractivity contribution in [2.24, 2.45) is 0 Å². The number of rotatable bonds is 10. The molecule has 1 N–H and O–H groups in total. The van der Waals surface area contributed by atoms with Crippen LogP contribution in [0.4, 0.5) is 5.69 Å². The Kier molecular flexibility index (Phi) is 8.21. The summed E-state index contributed by atoms with van der Waals surface area (Å²) in [6.45, 7) is 4.84. The van der Waals surface area contributed by atoms with Gasteiger partial charge in [0.1, 0.15) is 11.5 Å². The number of aliphatic hydroxyl groups is 1. The minimum atomic E-state index is -0.754. The number of unbranched alkanes of at least 4 members (excludes halogenated alkanes) is 3. The Morgan fingerprint density at radius 1 is 0.889 bits per heavy atom. The zero-order valence-electron chi connectivity index (χ0n) is 20.9. The topological polar surface area (TPSA) is 66.8 Å². The van der Waals surface area contributed by atoms with Crippen LogP contribution >= 0.6 is 0 Å². The lowest BCUT2D eigenvalue weighted by Gasteiger charge is -2.26. The molecule has 1 unspecified atom stereocenters. The molecule has 0 aromatic heterocycles. The third kappa shape index (κ3) is 5.35. The highest BCUT2D eigenvalue weighted by molar-refractivity contribution is 6.51. The highest BCUT2D eigenvalue weighted by Gasteiger charge is 2.47. The van der Waals surface area contributed by atoms with Crippen LogP contribution in [0.15, 0.2) is 84.4 Å². The van der Waals surface area contributed by atoms with Gasteiger partial charge in [-0.25, -0.2) is 0 Å². The normalized spacial score (nSPS) is 16.9. The monoisotopic (exact) mass is 483 g/mol. The van der Waals surface area contributed by atoms with Gasteiger partial charge in [0.25, 0.3) is 11.7 Å². The molecule has 1 amide bonds. The molecule has 0 aliphatic carbocycles. The van der Waals surface area contributed by atoms with Gasteiger partial charge in [-0.2, -0.15) is 0 Å². The molecule has 1 aliphatic rings. The summed E-state index contributed by atoms with van der Waals surface area (Å²) in [7, 11) is 0. The molecular weight excluding hydrogens is 450 g/mol. The molecule has 0 bridgehead atoms. The zero-order chi connectivity index (χ0) is 25.5. The first-order valence-electron chi connectivity index (χ1n) is 12.7. The highest BCUT2D eigenvalue weighted by atomic mass is 16.5. The van der Waals surface area contributed by atoms with Crippen LogP contribution in [-0.2, 0) is 16.0 Å². The minimum absolute atomic E-state index is 0.0846. The molecule has 1 heterocycles. The van der Waals surface area contributed by atoms with E-state index in [1.54, 1.807) is 36.4 Å². The molecule has 1 aliphatic heterocycles. The maximum absolute atomic E-state index is 13.4. The van der Waals surface area contributed by atoms with Crippen LogP contribution in [0.1, 0.15) is 62.3 Å². The smallest absolute Gasteiger partial charge is 0.300 e. The number of benzene rings is 3. The maximum Gasteiger partial charge on any atom is 0.300 e. The number of hydrogen-bond donors (Lipinski definition) is 1. The van der Waals surface area contributed by atoms with Gasteiger partial charge >= 0.3 is 0 Å². The molecule has 3 aromatic rings. The summed E-state index contributed by atoms with van der Waals surface area (Å²) in [5.41, 5.74) is 3.04. The predicted octanol–water partition coefficient (Wildman–Crippen LogP) is 6.83. The van der Waals surface area contributed by atoms with Gasteiger partial charge in [-0.15, -0.1) is 0 Å². The largest absolute Gasteiger partial charge is 0.507 e. The van der Waals surface area contributed by atoms with Crippen LogP contribution in [0.25, 0.3) is 5.76 Å². The number of amides is 1. The fourth-order valence-electron chi connectivity index (χ4n) is 4.54. The first-order chi connectivity index (χ1) is 17.5. The van der Waals surface area contributed by atoms with Crippen molar-refractivity contribution in [2.45, 2.75) is 52.0 Å². The lowest BCUT2D eigenvalue weighted by molar-refractivity contribution is -0.132. The van der Waals surface area contributed by atoms with Gasteiger partial charge in [0.15, 0.2) is 0 Å². The summed E-state index contributed by atoms with van der Waals surface area (Å²) in [5, 5.41) is 11.2. The molecule has 1 atom stereocenters. The molecule has 36 heavy (non-hydrogen) atoms.